The summed E-state index contributed by atoms with van der Waals surface area (Å²) in [5.74, 6) is 0.696. The van der Waals surface area contributed by atoms with Gasteiger partial charge in [0.05, 0.1) is 11.6 Å². The monoisotopic (exact) mass is 333 g/mol. The van der Waals surface area contributed by atoms with E-state index in [1.807, 2.05) is 6.07 Å². The van der Waals surface area contributed by atoms with Gasteiger partial charge in [0.1, 0.15) is 5.75 Å². The molecule has 0 spiro atoms. The molecule has 1 aromatic carbocycles. The highest BCUT2D eigenvalue weighted by molar-refractivity contribution is 6.35. The van der Waals surface area contributed by atoms with E-state index in [0.717, 1.165) is 24.8 Å². The minimum atomic E-state index is 0.00713. The number of unbranched alkanes of at least 4 members (excludes halogenated alkanes) is 2. The predicted octanol–water partition coefficient (Wildman–Crippen LogP) is 4.42. The highest BCUT2D eigenvalue weighted by Crippen LogP contribution is 2.33. The van der Waals surface area contributed by atoms with Crippen LogP contribution in [-0.4, -0.2) is 23.9 Å². The molecule has 0 aromatic heterocycles. The summed E-state index contributed by atoms with van der Waals surface area (Å²) in [5.41, 5.74) is 0.970. The molecule has 0 fully saturated rings. The van der Waals surface area contributed by atoms with E-state index in [-0.39, 0.29) is 12.1 Å². The van der Waals surface area contributed by atoms with Crippen LogP contribution in [-0.2, 0) is 6.54 Å². The first-order valence-corrected chi connectivity index (χ1v) is 8.05. The highest BCUT2D eigenvalue weighted by atomic mass is 35.5. The Morgan fingerprint density at radius 1 is 1.14 bits per heavy atom. The molecule has 0 aliphatic rings. The molecule has 0 atom stereocenters. The molecule has 3 nitrogen and oxygen atoms in total. The second-order valence-corrected chi connectivity index (χ2v) is 6.96. The summed E-state index contributed by atoms with van der Waals surface area (Å²) in [5, 5.41) is 13.3. The Hall–Kier alpha value is -0.480. The summed E-state index contributed by atoms with van der Waals surface area (Å²) in [4.78, 5) is 0. The van der Waals surface area contributed by atoms with Crippen molar-refractivity contribution in [2.75, 3.05) is 13.2 Å². The molecule has 2 N–H and O–H groups in total. The summed E-state index contributed by atoms with van der Waals surface area (Å²) in [7, 11) is 0. The molecule has 5 heteroatoms. The SMILES string of the molecule is CC(C)(C)NCc1cc(Cl)cc(Cl)c1OCCCCCO. The summed E-state index contributed by atoms with van der Waals surface area (Å²) < 4.78 is 5.82. The minimum absolute atomic E-state index is 0.00713. The molecular formula is C16H25Cl2NO2. The molecule has 0 amide bonds. The zero-order chi connectivity index (χ0) is 15.9. The standard InChI is InChI=1S/C16H25Cl2NO2/c1-16(2,3)19-11-12-9-13(17)10-14(18)15(12)21-8-6-4-5-7-20/h9-10,19-20H,4-8,11H2,1-3H3. The summed E-state index contributed by atoms with van der Waals surface area (Å²) in [6.07, 6.45) is 2.64. The molecule has 0 unspecified atom stereocenters. The Bertz CT molecular complexity index is 445. The highest BCUT2D eigenvalue weighted by Gasteiger charge is 2.14. The van der Waals surface area contributed by atoms with Gasteiger partial charge in [-0.05, 0) is 52.2 Å². The van der Waals surface area contributed by atoms with Crippen LogP contribution in [0.2, 0.25) is 10.0 Å². The van der Waals surface area contributed by atoms with E-state index in [4.69, 9.17) is 33.0 Å². The van der Waals surface area contributed by atoms with E-state index in [1.165, 1.54) is 0 Å². The average molecular weight is 334 g/mol. The molecule has 120 valence electrons. The van der Waals surface area contributed by atoms with E-state index in [1.54, 1.807) is 6.07 Å². The Morgan fingerprint density at radius 2 is 1.86 bits per heavy atom. The van der Waals surface area contributed by atoms with Gasteiger partial charge in [0.15, 0.2) is 0 Å². The smallest absolute Gasteiger partial charge is 0.142 e. The van der Waals surface area contributed by atoms with Gasteiger partial charge in [-0.15, -0.1) is 0 Å². The van der Waals surface area contributed by atoms with Gasteiger partial charge in [0.2, 0.25) is 0 Å². The van der Waals surface area contributed by atoms with Crippen molar-refractivity contribution in [3.8, 4) is 5.75 Å². The molecule has 21 heavy (non-hydrogen) atoms. The fraction of sp³-hybridized carbons (Fsp3) is 0.625. The minimum Gasteiger partial charge on any atom is -0.492 e. The van der Waals surface area contributed by atoms with Gasteiger partial charge >= 0.3 is 0 Å². The van der Waals surface area contributed by atoms with Crippen LogP contribution in [0.25, 0.3) is 0 Å². The Balaban J connectivity index is 2.71. The zero-order valence-electron chi connectivity index (χ0n) is 13.0. The molecule has 0 saturated carbocycles. The summed E-state index contributed by atoms with van der Waals surface area (Å²) in [6.45, 7) is 7.78. The van der Waals surface area contributed by atoms with Crippen molar-refractivity contribution in [3.63, 3.8) is 0 Å². The maximum Gasteiger partial charge on any atom is 0.142 e. The van der Waals surface area contributed by atoms with Gasteiger partial charge < -0.3 is 15.2 Å². The van der Waals surface area contributed by atoms with Gasteiger partial charge in [0.25, 0.3) is 0 Å². The van der Waals surface area contributed by atoms with Crippen LogP contribution in [0.4, 0.5) is 0 Å². The van der Waals surface area contributed by atoms with Crippen molar-refractivity contribution in [3.05, 3.63) is 27.7 Å². The molecule has 1 rings (SSSR count). The van der Waals surface area contributed by atoms with Crippen molar-refractivity contribution in [2.24, 2.45) is 0 Å². The Labute approximate surface area is 137 Å². The fourth-order valence-electron chi connectivity index (χ4n) is 1.83. The third kappa shape index (κ3) is 7.37. The molecular weight excluding hydrogens is 309 g/mol. The van der Waals surface area contributed by atoms with Crippen molar-refractivity contribution < 1.29 is 9.84 Å². The molecule has 0 saturated heterocycles. The Morgan fingerprint density at radius 3 is 2.48 bits per heavy atom. The molecule has 0 radical (unpaired) electrons. The summed E-state index contributed by atoms with van der Waals surface area (Å²) >= 11 is 12.3. The Kier molecular flexibility index (Phi) is 7.82. The number of hydrogen-bond donors (Lipinski definition) is 2. The predicted molar refractivity (Wildman–Crippen MR) is 89.5 cm³/mol. The van der Waals surface area contributed by atoms with Crippen molar-refractivity contribution in [2.45, 2.75) is 52.1 Å². The van der Waals surface area contributed by atoms with E-state index in [2.05, 4.69) is 26.1 Å². The number of aliphatic hydroxyl groups is 1. The van der Waals surface area contributed by atoms with E-state index in [9.17, 15) is 0 Å². The van der Waals surface area contributed by atoms with Crippen LogP contribution in [0.5, 0.6) is 5.75 Å². The van der Waals surface area contributed by atoms with Crippen molar-refractivity contribution in [1.29, 1.82) is 0 Å². The van der Waals surface area contributed by atoms with Gasteiger partial charge in [-0.1, -0.05) is 23.2 Å². The first kappa shape index (κ1) is 18.6. The van der Waals surface area contributed by atoms with Crippen LogP contribution >= 0.6 is 23.2 Å². The molecule has 0 bridgehead atoms. The molecule has 1 aromatic rings. The van der Waals surface area contributed by atoms with Gasteiger partial charge in [-0.3, -0.25) is 0 Å². The normalized spacial score (nSPS) is 11.7. The van der Waals surface area contributed by atoms with Gasteiger partial charge in [-0.25, -0.2) is 0 Å². The number of halogens is 2. The maximum absolute atomic E-state index is 8.76. The van der Waals surface area contributed by atoms with Gasteiger partial charge in [0, 0.05) is 29.3 Å². The number of hydrogen-bond acceptors (Lipinski definition) is 3. The maximum atomic E-state index is 8.76. The number of ether oxygens (including phenoxy) is 1. The van der Waals surface area contributed by atoms with E-state index < -0.39 is 0 Å². The van der Waals surface area contributed by atoms with Crippen molar-refractivity contribution >= 4 is 23.2 Å². The number of benzene rings is 1. The van der Waals surface area contributed by atoms with Crippen LogP contribution in [0.1, 0.15) is 45.6 Å². The first-order chi connectivity index (χ1) is 9.83. The lowest BCUT2D eigenvalue weighted by Crippen LogP contribution is -2.35. The average Bonchev–Trinajstić information content (AvgIpc) is 2.37. The van der Waals surface area contributed by atoms with Crippen LogP contribution in [0, 0.1) is 0 Å². The largest absolute Gasteiger partial charge is 0.492 e. The zero-order valence-corrected chi connectivity index (χ0v) is 14.5. The summed E-state index contributed by atoms with van der Waals surface area (Å²) in [6, 6.07) is 3.59. The lowest BCUT2D eigenvalue weighted by Gasteiger charge is -2.22. The van der Waals surface area contributed by atoms with E-state index in [0.29, 0.717) is 28.9 Å². The fourth-order valence-corrected chi connectivity index (χ4v) is 2.42. The quantitative estimate of drug-likeness (QED) is 0.692. The first-order valence-electron chi connectivity index (χ1n) is 7.30. The molecule has 0 aliphatic carbocycles. The van der Waals surface area contributed by atoms with Crippen LogP contribution in [0.3, 0.4) is 0 Å². The lowest BCUT2D eigenvalue weighted by molar-refractivity contribution is 0.265. The number of nitrogens with one attached hydrogen (secondary N) is 1. The second kappa shape index (κ2) is 8.84. The van der Waals surface area contributed by atoms with E-state index >= 15 is 0 Å². The van der Waals surface area contributed by atoms with Crippen LogP contribution < -0.4 is 10.1 Å². The third-order valence-corrected chi connectivity index (χ3v) is 3.44. The van der Waals surface area contributed by atoms with Crippen molar-refractivity contribution in [1.82, 2.24) is 5.32 Å². The van der Waals surface area contributed by atoms with Crippen LogP contribution in [0.15, 0.2) is 12.1 Å². The van der Waals surface area contributed by atoms with Gasteiger partial charge in [-0.2, -0.15) is 0 Å². The third-order valence-electron chi connectivity index (χ3n) is 2.94. The number of aliphatic hydroxyl groups excluding tert-OH is 1. The molecule has 0 aliphatic heterocycles. The topological polar surface area (TPSA) is 41.5 Å². The lowest BCUT2D eigenvalue weighted by atomic mass is 10.1. The number of rotatable bonds is 8. The molecule has 0 heterocycles. The second-order valence-electron chi connectivity index (χ2n) is 6.11.